The molecule has 0 atom stereocenters. The van der Waals surface area contributed by atoms with E-state index in [2.05, 4.69) is 4.98 Å². The lowest BCUT2D eigenvalue weighted by molar-refractivity contribution is -0.137. The standard InChI is InChI=1S/C15H8F4N2/c16-13-3-1-2-10(7-13)6-11(8-20)14-5-4-12(9-21-14)15(17,18)19/h1-7,9H. The van der Waals surface area contributed by atoms with Crippen LogP contribution in [0, 0.1) is 17.1 Å². The molecule has 0 unspecified atom stereocenters. The van der Waals surface area contributed by atoms with Gasteiger partial charge in [0.2, 0.25) is 0 Å². The van der Waals surface area contributed by atoms with Crippen molar-refractivity contribution in [3.05, 3.63) is 65.2 Å². The van der Waals surface area contributed by atoms with Gasteiger partial charge in [-0.05, 0) is 35.9 Å². The third-order valence-electron chi connectivity index (χ3n) is 2.65. The number of hydrogen-bond acceptors (Lipinski definition) is 2. The van der Waals surface area contributed by atoms with Gasteiger partial charge in [0.1, 0.15) is 11.9 Å². The zero-order valence-electron chi connectivity index (χ0n) is 10.5. The fraction of sp³-hybridized carbons (Fsp3) is 0.0667. The SMILES string of the molecule is N#CC(=Cc1cccc(F)c1)c1ccc(C(F)(F)F)cn1. The second-order valence-corrected chi connectivity index (χ2v) is 4.15. The summed E-state index contributed by atoms with van der Waals surface area (Å²) in [4.78, 5) is 3.63. The second-order valence-electron chi connectivity index (χ2n) is 4.15. The summed E-state index contributed by atoms with van der Waals surface area (Å²) in [7, 11) is 0. The Balaban J connectivity index is 2.36. The third kappa shape index (κ3) is 3.66. The van der Waals surface area contributed by atoms with Gasteiger partial charge in [0.15, 0.2) is 0 Å². The van der Waals surface area contributed by atoms with E-state index in [1.165, 1.54) is 24.3 Å². The summed E-state index contributed by atoms with van der Waals surface area (Å²) < 4.78 is 50.4. The third-order valence-corrected chi connectivity index (χ3v) is 2.65. The molecule has 2 nitrogen and oxygen atoms in total. The Morgan fingerprint density at radius 2 is 1.95 bits per heavy atom. The largest absolute Gasteiger partial charge is 0.417 e. The highest BCUT2D eigenvalue weighted by Gasteiger charge is 2.30. The van der Waals surface area contributed by atoms with Crippen molar-refractivity contribution >= 4 is 11.6 Å². The van der Waals surface area contributed by atoms with Crippen LogP contribution in [0.5, 0.6) is 0 Å². The van der Waals surface area contributed by atoms with E-state index in [1.54, 1.807) is 6.07 Å². The van der Waals surface area contributed by atoms with Gasteiger partial charge in [-0.3, -0.25) is 4.98 Å². The monoisotopic (exact) mass is 292 g/mol. The highest BCUT2D eigenvalue weighted by molar-refractivity contribution is 5.88. The van der Waals surface area contributed by atoms with E-state index >= 15 is 0 Å². The van der Waals surface area contributed by atoms with E-state index < -0.39 is 17.6 Å². The molecule has 0 N–H and O–H groups in total. The van der Waals surface area contributed by atoms with Crippen LogP contribution in [0.15, 0.2) is 42.6 Å². The van der Waals surface area contributed by atoms with Gasteiger partial charge in [0.25, 0.3) is 0 Å². The zero-order chi connectivity index (χ0) is 15.5. The molecule has 106 valence electrons. The van der Waals surface area contributed by atoms with Gasteiger partial charge in [0.05, 0.1) is 16.8 Å². The van der Waals surface area contributed by atoms with Gasteiger partial charge in [-0.15, -0.1) is 0 Å². The molecule has 1 heterocycles. The maximum Gasteiger partial charge on any atom is 0.417 e. The van der Waals surface area contributed by atoms with Gasteiger partial charge in [0, 0.05) is 6.20 Å². The number of allylic oxidation sites excluding steroid dienone is 1. The van der Waals surface area contributed by atoms with Crippen molar-refractivity contribution in [2.75, 3.05) is 0 Å². The number of nitrogens with zero attached hydrogens (tertiary/aromatic N) is 2. The molecule has 0 spiro atoms. The summed E-state index contributed by atoms with van der Waals surface area (Å²) in [6, 6.07) is 9.30. The summed E-state index contributed by atoms with van der Waals surface area (Å²) >= 11 is 0. The van der Waals surface area contributed by atoms with Crippen molar-refractivity contribution in [1.82, 2.24) is 4.98 Å². The fourth-order valence-electron chi connectivity index (χ4n) is 1.65. The van der Waals surface area contributed by atoms with E-state index in [4.69, 9.17) is 5.26 Å². The van der Waals surface area contributed by atoms with Crippen LogP contribution < -0.4 is 0 Å². The van der Waals surface area contributed by atoms with Crippen molar-refractivity contribution in [3.63, 3.8) is 0 Å². The first-order valence-corrected chi connectivity index (χ1v) is 5.81. The van der Waals surface area contributed by atoms with Crippen molar-refractivity contribution in [2.45, 2.75) is 6.18 Å². The smallest absolute Gasteiger partial charge is 0.255 e. The van der Waals surface area contributed by atoms with Crippen LogP contribution in [0.2, 0.25) is 0 Å². The molecule has 1 aromatic carbocycles. The Morgan fingerprint density at radius 1 is 1.19 bits per heavy atom. The van der Waals surface area contributed by atoms with E-state index in [9.17, 15) is 17.6 Å². The molecule has 0 bridgehead atoms. The summed E-state index contributed by atoms with van der Waals surface area (Å²) in [5, 5.41) is 9.06. The molecule has 0 aliphatic carbocycles. The van der Waals surface area contributed by atoms with Crippen LogP contribution >= 0.6 is 0 Å². The maximum absolute atomic E-state index is 13.1. The molecule has 6 heteroatoms. The van der Waals surface area contributed by atoms with Gasteiger partial charge >= 0.3 is 6.18 Å². The first-order valence-electron chi connectivity index (χ1n) is 5.81. The molecule has 0 aliphatic heterocycles. The molecular formula is C15H8F4N2. The maximum atomic E-state index is 13.1. The number of nitriles is 1. The van der Waals surface area contributed by atoms with Gasteiger partial charge in [-0.2, -0.15) is 18.4 Å². The summed E-state index contributed by atoms with van der Waals surface area (Å²) in [6.45, 7) is 0. The van der Waals surface area contributed by atoms with Crippen LogP contribution in [0.1, 0.15) is 16.8 Å². The molecule has 0 saturated heterocycles. The summed E-state index contributed by atoms with van der Waals surface area (Å²) in [5.41, 5.74) is -0.327. The lowest BCUT2D eigenvalue weighted by Gasteiger charge is -2.06. The molecule has 0 saturated carbocycles. The van der Waals surface area contributed by atoms with Crippen LogP contribution in [0.25, 0.3) is 11.6 Å². The molecule has 2 rings (SSSR count). The fourth-order valence-corrected chi connectivity index (χ4v) is 1.65. The average Bonchev–Trinajstić information content (AvgIpc) is 2.44. The number of aromatic nitrogens is 1. The van der Waals surface area contributed by atoms with Crippen LogP contribution in [0.3, 0.4) is 0 Å². The van der Waals surface area contributed by atoms with Gasteiger partial charge < -0.3 is 0 Å². The topological polar surface area (TPSA) is 36.7 Å². The average molecular weight is 292 g/mol. The van der Waals surface area contributed by atoms with E-state index in [0.29, 0.717) is 11.8 Å². The van der Waals surface area contributed by atoms with Crippen molar-refractivity contribution in [3.8, 4) is 6.07 Å². The highest BCUT2D eigenvalue weighted by Crippen LogP contribution is 2.29. The Morgan fingerprint density at radius 3 is 2.48 bits per heavy atom. The van der Waals surface area contributed by atoms with E-state index in [-0.39, 0.29) is 11.3 Å². The Bertz CT molecular complexity index is 710. The van der Waals surface area contributed by atoms with Gasteiger partial charge in [-0.1, -0.05) is 12.1 Å². The lowest BCUT2D eigenvalue weighted by Crippen LogP contribution is -2.05. The molecule has 0 amide bonds. The summed E-state index contributed by atoms with van der Waals surface area (Å²) in [6.07, 6.45) is -2.46. The predicted octanol–water partition coefficient (Wildman–Crippen LogP) is 4.30. The number of alkyl halides is 3. The molecule has 2 aromatic rings. The van der Waals surface area contributed by atoms with Crippen molar-refractivity contribution in [1.29, 1.82) is 5.26 Å². The predicted molar refractivity (Wildman–Crippen MR) is 69.1 cm³/mol. The summed E-state index contributed by atoms with van der Waals surface area (Å²) in [5.74, 6) is -0.471. The van der Waals surface area contributed by atoms with Gasteiger partial charge in [-0.25, -0.2) is 4.39 Å². The van der Waals surface area contributed by atoms with Crippen molar-refractivity contribution < 1.29 is 17.6 Å². The number of halogens is 4. The van der Waals surface area contributed by atoms with E-state index in [1.807, 2.05) is 6.07 Å². The lowest BCUT2D eigenvalue weighted by atomic mass is 10.1. The molecular weight excluding hydrogens is 284 g/mol. The molecule has 21 heavy (non-hydrogen) atoms. The number of hydrogen-bond donors (Lipinski definition) is 0. The van der Waals surface area contributed by atoms with Crippen LogP contribution in [-0.2, 0) is 6.18 Å². The Hall–Kier alpha value is -2.68. The van der Waals surface area contributed by atoms with Crippen LogP contribution in [0.4, 0.5) is 17.6 Å². The first kappa shape index (κ1) is 14.7. The molecule has 0 radical (unpaired) electrons. The molecule has 0 aliphatic rings. The number of benzene rings is 1. The minimum atomic E-state index is -4.48. The normalized spacial score (nSPS) is 12.0. The minimum Gasteiger partial charge on any atom is -0.255 e. The minimum absolute atomic E-state index is 0.0503. The molecule has 1 aromatic heterocycles. The first-order chi connectivity index (χ1) is 9.90. The van der Waals surface area contributed by atoms with Crippen LogP contribution in [-0.4, -0.2) is 4.98 Å². The Labute approximate surface area is 118 Å². The Kier molecular flexibility index (Phi) is 4.03. The van der Waals surface area contributed by atoms with E-state index in [0.717, 1.165) is 12.1 Å². The highest BCUT2D eigenvalue weighted by atomic mass is 19.4. The number of rotatable bonds is 2. The molecule has 0 fully saturated rings. The zero-order valence-corrected chi connectivity index (χ0v) is 10.5. The quantitative estimate of drug-likeness (QED) is 0.611. The second kappa shape index (κ2) is 5.75. The van der Waals surface area contributed by atoms with Crippen molar-refractivity contribution in [2.24, 2.45) is 0 Å². The number of pyridine rings is 1.